The minimum absolute atomic E-state index is 0.0837. The SMILES string of the molecule is CCC(C)(C)NC(=O)CN1CCC(O)C(C)C1. The van der Waals surface area contributed by atoms with Crippen LogP contribution in [-0.4, -0.2) is 47.2 Å². The molecule has 1 amide bonds. The molecule has 0 aromatic rings. The highest BCUT2D eigenvalue weighted by Crippen LogP contribution is 2.16. The van der Waals surface area contributed by atoms with E-state index in [1.54, 1.807) is 0 Å². The molecule has 0 bridgehead atoms. The fourth-order valence-electron chi connectivity index (χ4n) is 2.07. The number of amides is 1. The molecular formula is C13H26N2O2. The molecule has 4 heteroatoms. The van der Waals surface area contributed by atoms with Crippen molar-refractivity contribution in [1.29, 1.82) is 0 Å². The molecule has 1 rings (SSSR count). The number of likely N-dealkylation sites (tertiary alicyclic amines) is 1. The van der Waals surface area contributed by atoms with E-state index in [4.69, 9.17) is 0 Å². The fourth-order valence-corrected chi connectivity index (χ4v) is 2.07. The van der Waals surface area contributed by atoms with Crippen molar-refractivity contribution < 1.29 is 9.90 Å². The third kappa shape index (κ3) is 4.64. The van der Waals surface area contributed by atoms with Gasteiger partial charge in [0, 0.05) is 18.6 Å². The zero-order valence-corrected chi connectivity index (χ0v) is 11.5. The summed E-state index contributed by atoms with van der Waals surface area (Å²) in [6, 6.07) is 0. The third-order valence-electron chi connectivity index (χ3n) is 3.67. The van der Waals surface area contributed by atoms with Gasteiger partial charge in [0.25, 0.3) is 0 Å². The largest absolute Gasteiger partial charge is 0.393 e. The second-order valence-electron chi connectivity index (χ2n) is 5.85. The highest BCUT2D eigenvalue weighted by Gasteiger charge is 2.26. The smallest absolute Gasteiger partial charge is 0.234 e. The molecule has 0 saturated carbocycles. The molecule has 0 aliphatic carbocycles. The van der Waals surface area contributed by atoms with Gasteiger partial charge in [0.15, 0.2) is 0 Å². The van der Waals surface area contributed by atoms with Crippen molar-refractivity contribution in [2.45, 2.75) is 52.2 Å². The Hall–Kier alpha value is -0.610. The van der Waals surface area contributed by atoms with Crippen LogP contribution in [0.4, 0.5) is 0 Å². The Morgan fingerprint density at radius 1 is 1.53 bits per heavy atom. The van der Waals surface area contributed by atoms with Gasteiger partial charge in [-0.15, -0.1) is 0 Å². The first-order valence-corrected chi connectivity index (χ1v) is 6.55. The quantitative estimate of drug-likeness (QED) is 0.773. The maximum absolute atomic E-state index is 11.9. The number of piperidine rings is 1. The molecule has 0 aromatic carbocycles. The van der Waals surface area contributed by atoms with E-state index in [9.17, 15) is 9.90 Å². The highest BCUT2D eigenvalue weighted by molar-refractivity contribution is 5.78. The number of rotatable bonds is 4. The molecule has 0 aromatic heterocycles. The Morgan fingerprint density at radius 3 is 2.71 bits per heavy atom. The Labute approximate surface area is 104 Å². The topological polar surface area (TPSA) is 52.6 Å². The van der Waals surface area contributed by atoms with Crippen LogP contribution in [0.25, 0.3) is 0 Å². The van der Waals surface area contributed by atoms with Crippen molar-refractivity contribution in [3.8, 4) is 0 Å². The molecule has 1 aliphatic rings. The molecule has 1 aliphatic heterocycles. The summed E-state index contributed by atoms with van der Waals surface area (Å²) in [5.41, 5.74) is -0.127. The van der Waals surface area contributed by atoms with Gasteiger partial charge in [-0.05, 0) is 32.6 Å². The number of aliphatic hydroxyl groups excluding tert-OH is 1. The zero-order valence-electron chi connectivity index (χ0n) is 11.5. The summed E-state index contributed by atoms with van der Waals surface area (Å²) >= 11 is 0. The highest BCUT2D eigenvalue weighted by atomic mass is 16.3. The summed E-state index contributed by atoms with van der Waals surface area (Å²) in [4.78, 5) is 14.0. The van der Waals surface area contributed by atoms with Gasteiger partial charge in [-0.1, -0.05) is 13.8 Å². The van der Waals surface area contributed by atoms with E-state index in [-0.39, 0.29) is 23.5 Å². The van der Waals surface area contributed by atoms with Crippen LogP contribution >= 0.6 is 0 Å². The summed E-state index contributed by atoms with van der Waals surface area (Å²) < 4.78 is 0. The number of hydrogen-bond donors (Lipinski definition) is 2. The van der Waals surface area contributed by atoms with Gasteiger partial charge in [-0.3, -0.25) is 9.69 Å². The Balaban J connectivity index is 2.37. The second kappa shape index (κ2) is 5.83. The summed E-state index contributed by atoms with van der Waals surface area (Å²) in [6.07, 6.45) is 1.49. The van der Waals surface area contributed by atoms with Gasteiger partial charge in [0.05, 0.1) is 12.6 Å². The molecule has 4 nitrogen and oxygen atoms in total. The Morgan fingerprint density at radius 2 is 2.18 bits per heavy atom. The minimum atomic E-state index is -0.207. The molecule has 100 valence electrons. The molecule has 2 N–H and O–H groups in total. The summed E-state index contributed by atoms with van der Waals surface area (Å²) in [5.74, 6) is 0.344. The van der Waals surface area contributed by atoms with Crippen LogP contribution in [0.3, 0.4) is 0 Å². The van der Waals surface area contributed by atoms with Crippen LogP contribution in [0.2, 0.25) is 0 Å². The molecule has 0 radical (unpaired) electrons. The van der Waals surface area contributed by atoms with E-state index in [2.05, 4.69) is 17.1 Å². The van der Waals surface area contributed by atoms with E-state index in [1.807, 2.05) is 20.8 Å². The minimum Gasteiger partial charge on any atom is -0.393 e. The van der Waals surface area contributed by atoms with Crippen LogP contribution in [0.5, 0.6) is 0 Å². The second-order valence-corrected chi connectivity index (χ2v) is 5.85. The van der Waals surface area contributed by atoms with Crippen molar-refractivity contribution >= 4 is 5.91 Å². The predicted octanol–water partition coefficient (Wildman–Crippen LogP) is 0.994. The number of carbonyl (C=O) groups is 1. The summed E-state index contributed by atoms with van der Waals surface area (Å²) in [5, 5.41) is 12.7. The van der Waals surface area contributed by atoms with Crippen molar-refractivity contribution in [2.75, 3.05) is 19.6 Å². The average Bonchev–Trinajstić information content (AvgIpc) is 2.23. The Bertz CT molecular complexity index is 266. The number of nitrogens with zero attached hydrogens (tertiary/aromatic N) is 1. The van der Waals surface area contributed by atoms with Crippen molar-refractivity contribution in [3.63, 3.8) is 0 Å². The van der Waals surface area contributed by atoms with Crippen LogP contribution in [0.1, 0.15) is 40.5 Å². The van der Waals surface area contributed by atoms with E-state index < -0.39 is 0 Å². The lowest BCUT2D eigenvalue weighted by atomic mass is 9.96. The van der Waals surface area contributed by atoms with Crippen molar-refractivity contribution in [3.05, 3.63) is 0 Å². The number of nitrogens with one attached hydrogen (secondary N) is 1. The standard InChI is InChI=1S/C13H26N2O2/c1-5-13(3,4)14-12(17)9-15-7-6-11(16)10(2)8-15/h10-11,16H,5-9H2,1-4H3,(H,14,17). The first-order chi connectivity index (χ1) is 7.84. The molecule has 2 atom stereocenters. The van der Waals surface area contributed by atoms with Crippen LogP contribution < -0.4 is 5.32 Å². The summed E-state index contributed by atoms with van der Waals surface area (Å²) in [6.45, 7) is 10.2. The molecule has 17 heavy (non-hydrogen) atoms. The van der Waals surface area contributed by atoms with Crippen LogP contribution in [-0.2, 0) is 4.79 Å². The molecule has 0 spiro atoms. The van der Waals surface area contributed by atoms with E-state index in [1.165, 1.54) is 0 Å². The first-order valence-electron chi connectivity index (χ1n) is 6.55. The van der Waals surface area contributed by atoms with Crippen LogP contribution in [0, 0.1) is 5.92 Å². The third-order valence-corrected chi connectivity index (χ3v) is 3.67. The zero-order chi connectivity index (χ0) is 13.1. The number of carbonyl (C=O) groups excluding carboxylic acids is 1. The van der Waals surface area contributed by atoms with Gasteiger partial charge in [-0.25, -0.2) is 0 Å². The fraction of sp³-hybridized carbons (Fsp3) is 0.923. The van der Waals surface area contributed by atoms with Gasteiger partial charge in [0.1, 0.15) is 0 Å². The lowest BCUT2D eigenvalue weighted by molar-refractivity contribution is -0.124. The molecule has 1 fully saturated rings. The van der Waals surface area contributed by atoms with Gasteiger partial charge in [-0.2, -0.15) is 0 Å². The van der Waals surface area contributed by atoms with Gasteiger partial charge >= 0.3 is 0 Å². The molecule has 1 saturated heterocycles. The summed E-state index contributed by atoms with van der Waals surface area (Å²) in [7, 11) is 0. The van der Waals surface area contributed by atoms with Gasteiger partial charge in [0.2, 0.25) is 5.91 Å². The molecule has 1 heterocycles. The average molecular weight is 242 g/mol. The van der Waals surface area contributed by atoms with E-state index >= 15 is 0 Å². The predicted molar refractivity (Wildman–Crippen MR) is 68.7 cm³/mol. The molecular weight excluding hydrogens is 216 g/mol. The first kappa shape index (κ1) is 14.5. The van der Waals surface area contributed by atoms with E-state index in [0.717, 1.165) is 25.9 Å². The van der Waals surface area contributed by atoms with Crippen molar-refractivity contribution in [2.24, 2.45) is 5.92 Å². The number of aliphatic hydroxyl groups is 1. The van der Waals surface area contributed by atoms with Crippen molar-refractivity contribution in [1.82, 2.24) is 10.2 Å². The normalized spacial score (nSPS) is 26.9. The lowest BCUT2D eigenvalue weighted by Gasteiger charge is -2.34. The van der Waals surface area contributed by atoms with Gasteiger partial charge < -0.3 is 10.4 Å². The Kier molecular flexibility index (Phi) is 4.95. The number of hydrogen-bond acceptors (Lipinski definition) is 3. The van der Waals surface area contributed by atoms with E-state index in [0.29, 0.717) is 6.54 Å². The maximum Gasteiger partial charge on any atom is 0.234 e. The van der Waals surface area contributed by atoms with Crippen LogP contribution in [0.15, 0.2) is 0 Å². The monoisotopic (exact) mass is 242 g/mol. The lowest BCUT2D eigenvalue weighted by Crippen LogP contribution is -2.50. The maximum atomic E-state index is 11.9. The molecule has 2 unspecified atom stereocenters.